The van der Waals surface area contributed by atoms with Crippen LogP contribution in [0.4, 0.5) is 5.69 Å². The van der Waals surface area contributed by atoms with E-state index in [1.54, 1.807) is 31.3 Å². The van der Waals surface area contributed by atoms with E-state index in [9.17, 15) is 9.90 Å². The quantitative estimate of drug-likeness (QED) is 0.693. The number of rotatable bonds is 3. The third-order valence-electron chi connectivity index (χ3n) is 3.75. The minimum Gasteiger partial charge on any atom is -0.374 e. The van der Waals surface area contributed by atoms with Crippen molar-refractivity contribution in [3.8, 4) is 11.3 Å². The fourth-order valence-electron chi connectivity index (χ4n) is 2.48. The smallest absolute Gasteiger partial charge is 0.260 e. The summed E-state index contributed by atoms with van der Waals surface area (Å²) in [5.41, 5.74) is -0.0187. The molecule has 2 aromatic rings. The number of aliphatic hydroxyl groups is 1. The maximum atomic E-state index is 12.1. The van der Waals surface area contributed by atoms with Crippen LogP contribution < -0.4 is 0 Å². The largest absolute Gasteiger partial charge is 0.374 e. The van der Waals surface area contributed by atoms with E-state index in [-0.39, 0.29) is 11.6 Å². The van der Waals surface area contributed by atoms with Gasteiger partial charge in [-0.2, -0.15) is 4.99 Å². The Kier molecular flexibility index (Phi) is 3.62. The molecule has 1 saturated heterocycles. The highest BCUT2D eigenvalue weighted by Crippen LogP contribution is 2.34. The number of carbonyl (C=O) groups is 1. The van der Waals surface area contributed by atoms with Gasteiger partial charge in [0.15, 0.2) is 11.4 Å². The number of likely N-dealkylation sites (tertiary alicyclic amines) is 1. The summed E-state index contributed by atoms with van der Waals surface area (Å²) >= 11 is 4.58. The Morgan fingerprint density at radius 2 is 2.32 bits per heavy atom. The highest BCUT2D eigenvalue weighted by Gasteiger charge is 2.47. The maximum absolute atomic E-state index is 12.1. The molecule has 112 valence electrons. The van der Waals surface area contributed by atoms with Gasteiger partial charge in [-0.15, -0.1) is 0 Å². The molecule has 1 fully saturated rings. The first-order chi connectivity index (χ1) is 10.5. The summed E-state index contributed by atoms with van der Waals surface area (Å²) in [4.78, 5) is 17.5. The van der Waals surface area contributed by atoms with E-state index in [1.165, 1.54) is 4.90 Å². The number of thiocarbonyl (C=S) groups is 1. The van der Waals surface area contributed by atoms with Gasteiger partial charge in [0.1, 0.15) is 5.69 Å². The van der Waals surface area contributed by atoms with Gasteiger partial charge in [-0.05, 0) is 24.4 Å². The normalized spacial score (nSPS) is 21.0. The number of hydrogen-bond donors (Lipinski definition) is 1. The van der Waals surface area contributed by atoms with Crippen LogP contribution in [0.15, 0.2) is 39.8 Å². The van der Waals surface area contributed by atoms with E-state index >= 15 is 0 Å². The fraction of sp³-hybridized carbons (Fsp3) is 0.267. The summed E-state index contributed by atoms with van der Waals surface area (Å²) < 4.78 is 5.28. The van der Waals surface area contributed by atoms with Crippen LogP contribution in [-0.4, -0.2) is 39.8 Å². The van der Waals surface area contributed by atoms with Crippen molar-refractivity contribution in [3.05, 3.63) is 36.0 Å². The van der Waals surface area contributed by atoms with E-state index in [0.29, 0.717) is 24.4 Å². The first-order valence-corrected chi connectivity index (χ1v) is 7.09. The number of likely N-dealkylation sites (N-methyl/N-ethyl adjacent to an activating group) is 1. The first-order valence-electron chi connectivity index (χ1n) is 6.68. The van der Waals surface area contributed by atoms with Crippen molar-refractivity contribution in [3.63, 3.8) is 0 Å². The van der Waals surface area contributed by atoms with Gasteiger partial charge in [-0.25, -0.2) is 0 Å². The van der Waals surface area contributed by atoms with Crippen LogP contribution in [-0.2, 0) is 10.4 Å². The summed E-state index contributed by atoms with van der Waals surface area (Å²) in [6.45, 7) is 0.483. The number of nitrogens with zero attached hydrogens (tertiary/aromatic N) is 3. The number of amides is 1. The first kappa shape index (κ1) is 14.6. The lowest BCUT2D eigenvalue weighted by Gasteiger charge is -2.16. The maximum Gasteiger partial charge on any atom is 0.260 e. The van der Waals surface area contributed by atoms with Gasteiger partial charge in [0.2, 0.25) is 0 Å². The molecule has 1 aliphatic rings. The average molecular weight is 315 g/mol. The second-order valence-electron chi connectivity index (χ2n) is 5.17. The number of carbonyl (C=O) groups excluding carboxylic acids is 1. The molecule has 1 aromatic carbocycles. The molecule has 0 bridgehead atoms. The third-order valence-corrected chi connectivity index (χ3v) is 3.84. The van der Waals surface area contributed by atoms with E-state index in [0.717, 1.165) is 5.56 Å². The molecule has 0 spiro atoms. The molecule has 0 saturated carbocycles. The standard InChI is InChI=1S/C15H13N3O3S/c1-18-6-5-15(20,14(18)19)13-8-12(21-17-13)10-3-2-4-11(7-10)16-9-22/h2-4,7-8,20H,5-6H2,1H3/t15-/m0/s1. The average Bonchev–Trinajstić information content (AvgIpc) is 3.11. The molecule has 7 heteroatoms. The van der Waals surface area contributed by atoms with Gasteiger partial charge >= 0.3 is 0 Å². The van der Waals surface area contributed by atoms with E-state index in [1.807, 2.05) is 6.07 Å². The molecule has 0 unspecified atom stereocenters. The zero-order valence-corrected chi connectivity index (χ0v) is 12.6. The molecular formula is C15H13N3O3S. The van der Waals surface area contributed by atoms with Crippen molar-refractivity contribution in [2.24, 2.45) is 4.99 Å². The molecule has 6 nitrogen and oxygen atoms in total. The Labute approximate surface area is 132 Å². The van der Waals surface area contributed by atoms with Gasteiger partial charge in [0.25, 0.3) is 5.91 Å². The molecule has 0 aliphatic carbocycles. The lowest BCUT2D eigenvalue weighted by atomic mass is 9.97. The predicted molar refractivity (Wildman–Crippen MR) is 82.8 cm³/mol. The lowest BCUT2D eigenvalue weighted by Crippen LogP contribution is -2.36. The molecule has 1 N–H and O–H groups in total. The highest BCUT2D eigenvalue weighted by atomic mass is 32.1. The summed E-state index contributed by atoms with van der Waals surface area (Å²) in [5, 5.41) is 16.7. The SMILES string of the molecule is CN1CC[C@](O)(c2cc(-c3cccc(N=C=S)c3)on2)C1=O. The van der Waals surface area contributed by atoms with Crippen LogP contribution in [0.2, 0.25) is 0 Å². The highest BCUT2D eigenvalue weighted by molar-refractivity contribution is 7.78. The molecule has 0 radical (unpaired) electrons. The monoisotopic (exact) mass is 315 g/mol. The number of isothiocyanates is 1. The van der Waals surface area contributed by atoms with Crippen molar-refractivity contribution in [1.29, 1.82) is 0 Å². The van der Waals surface area contributed by atoms with E-state index in [2.05, 4.69) is 27.5 Å². The lowest BCUT2D eigenvalue weighted by molar-refractivity contribution is -0.143. The third kappa shape index (κ3) is 2.35. The Balaban J connectivity index is 1.96. The second-order valence-corrected chi connectivity index (χ2v) is 5.35. The van der Waals surface area contributed by atoms with Gasteiger partial charge in [-0.3, -0.25) is 4.79 Å². The van der Waals surface area contributed by atoms with Crippen LogP contribution in [0.5, 0.6) is 0 Å². The van der Waals surface area contributed by atoms with Crippen molar-refractivity contribution in [2.45, 2.75) is 12.0 Å². The molecule has 1 atom stereocenters. The molecule has 1 aromatic heterocycles. The minimum absolute atomic E-state index is 0.223. The van der Waals surface area contributed by atoms with Crippen LogP contribution in [0.1, 0.15) is 12.1 Å². The number of aromatic nitrogens is 1. The summed E-state index contributed by atoms with van der Waals surface area (Å²) in [6, 6.07) is 8.74. The zero-order valence-electron chi connectivity index (χ0n) is 11.8. The van der Waals surface area contributed by atoms with Crippen molar-refractivity contribution in [1.82, 2.24) is 10.1 Å². The van der Waals surface area contributed by atoms with Gasteiger partial charge in [-0.1, -0.05) is 17.3 Å². The molecule has 1 aliphatic heterocycles. The van der Waals surface area contributed by atoms with Crippen molar-refractivity contribution >= 4 is 29.0 Å². The predicted octanol–water partition coefficient (Wildman–Crippen LogP) is 2.13. The number of aliphatic imine (C=N–C) groups is 1. The molecule has 2 heterocycles. The zero-order chi connectivity index (χ0) is 15.7. The van der Waals surface area contributed by atoms with Gasteiger partial charge < -0.3 is 14.5 Å². The molecular weight excluding hydrogens is 302 g/mol. The van der Waals surface area contributed by atoms with Crippen LogP contribution in [0.3, 0.4) is 0 Å². The Bertz CT molecular complexity index is 782. The van der Waals surface area contributed by atoms with Crippen LogP contribution in [0, 0.1) is 0 Å². The summed E-state index contributed by atoms with van der Waals surface area (Å²) in [7, 11) is 1.65. The summed E-state index contributed by atoms with van der Waals surface area (Å²) in [5.74, 6) is 0.0820. The van der Waals surface area contributed by atoms with E-state index in [4.69, 9.17) is 4.52 Å². The van der Waals surface area contributed by atoms with Gasteiger partial charge in [0, 0.05) is 31.6 Å². The number of hydrogen-bond acceptors (Lipinski definition) is 6. The summed E-state index contributed by atoms with van der Waals surface area (Å²) in [6.07, 6.45) is 0.295. The fourth-order valence-corrected chi connectivity index (χ4v) is 2.58. The molecule has 22 heavy (non-hydrogen) atoms. The molecule has 3 rings (SSSR count). The Hall–Kier alpha value is -2.34. The van der Waals surface area contributed by atoms with Crippen molar-refractivity contribution < 1.29 is 14.4 Å². The minimum atomic E-state index is -1.61. The topological polar surface area (TPSA) is 78.9 Å². The Morgan fingerprint density at radius 3 is 3.00 bits per heavy atom. The Morgan fingerprint density at radius 1 is 1.50 bits per heavy atom. The van der Waals surface area contributed by atoms with Crippen molar-refractivity contribution in [2.75, 3.05) is 13.6 Å². The number of benzene rings is 1. The second kappa shape index (κ2) is 5.46. The molecule has 1 amide bonds. The van der Waals surface area contributed by atoms with Gasteiger partial charge in [0.05, 0.1) is 10.8 Å². The van der Waals surface area contributed by atoms with Crippen LogP contribution >= 0.6 is 12.2 Å². The van der Waals surface area contributed by atoms with E-state index < -0.39 is 5.60 Å². The van der Waals surface area contributed by atoms with Crippen LogP contribution in [0.25, 0.3) is 11.3 Å².